The van der Waals surface area contributed by atoms with Crippen molar-refractivity contribution in [3.8, 4) is 5.75 Å². The van der Waals surface area contributed by atoms with Crippen molar-refractivity contribution >= 4 is 0 Å². The molecule has 88 valence electrons. The summed E-state index contributed by atoms with van der Waals surface area (Å²) in [6.45, 7) is 6.98. The fourth-order valence-electron chi connectivity index (χ4n) is 2.54. The highest BCUT2D eigenvalue weighted by Crippen LogP contribution is 2.27. The Labute approximate surface area is 97.9 Å². The molecule has 0 spiro atoms. The van der Waals surface area contributed by atoms with E-state index >= 15 is 0 Å². The molecule has 1 aromatic rings. The van der Waals surface area contributed by atoms with E-state index in [0.29, 0.717) is 11.8 Å². The third-order valence-electron chi connectivity index (χ3n) is 3.61. The van der Waals surface area contributed by atoms with E-state index in [0.717, 1.165) is 5.92 Å². The minimum absolute atomic E-state index is 0.350. The molecule has 0 radical (unpaired) electrons. The lowest BCUT2D eigenvalue weighted by Gasteiger charge is -2.35. The molecular weight excluding hydrogens is 198 g/mol. The molecule has 1 saturated heterocycles. The van der Waals surface area contributed by atoms with Gasteiger partial charge in [-0.3, -0.25) is 4.90 Å². The first kappa shape index (κ1) is 11.5. The predicted octanol–water partition coefficient (Wildman–Crippen LogP) is 3.19. The number of benzene rings is 1. The summed E-state index contributed by atoms with van der Waals surface area (Å²) in [6.07, 6.45) is 2.67. The lowest BCUT2D eigenvalue weighted by molar-refractivity contribution is 0.139. The smallest absolute Gasteiger partial charge is 0.115 e. The van der Waals surface area contributed by atoms with Crippen LogP contribution in [0.3, 0.4) is 0 Å². The van der Waals surface area contributed by atoms with Gasteiger partial charge in [-0.1, -0.05) is 19.1 Å². The van der Waals surface area contributed by atoms with Crippen LogP contribution in [0.2, 0.25) is 0 Å². The van der Waals surface area contributed by atoms with E-state index in [1.807, 2.05) is 12.1 Å². The number of phenols is 1. The molecule has 1 aliphatic heterocycles. The van der Waals surface area contributed by atoms with E-state index in [1.165, 1.54) is 31.5 Å². The lowest BCUT2D eigenvalue weighted by atomic mass is 9.97. The third-order valence-corrected chi connectivity index (χ3v) is 3.61. The monoisotopic (exact) mass is 219 g/mol. The topological polar surface area (TPSA) is 23.5 Å². The van der Waals surface area contributed by atoms with Gasteiger partial charge in [0, 0.05) is 12.6 Å². The second-order valence-electron chi connectivity index (χ2n) is 5.01. The zero-order valence-electron chi connectivity index (χ0n) is 10.2. The van der Waals surface area contributed by atoms with Gasteiger partial charge in [-0.15, -0.1) is 0 Å². The van der Waals surface area contributed by atoms with Gasteiger partial charge >= 0.3 is 0 Å². The van der Waals surface area contributed by atoms with Crippen molar-refractivity contribution in [1.82, 2.24) is 4.90 Å². The van der Waals surface area contributed by atoms with Gasteiger partial charge in [-0.25, -0.2) is 0 Å². The number of rotatable bonds is 2. The summed E-state index contributed by atoms with van der Waals surface area (Å²) in [5.74, 6) is 1.16. The molecule has 2 unspecified atom stereocenters. The minimum Gasteiger partial charge on any atom is -0.508 e. The maximum absolute atomic E-state index is 9.28. The molecule has 0 amide bonds. The number of nitrogens with zero attached hydrogens (tertiary/aromatic N) is 1. The van der Waals surface area contributed by atoms with Gasteiger partial charge in [0.2, 0.25) is 0 Å². The molecule has 0 bridgehead atoms. The van der Waals surface area contributed by atoms with Gasteiger partial charge in [0.15, 0.2) is 0 Å². The molecule has 1 fully saturated rings. The summed E-state index contributed by atoms with van der Waals surface area (Å²) in [5, 5.41) is 9.28. The van der Waals surface area contributed by atoms with E-state index in [1.54, 1.807) is 12.1 Å². The van der Waals surface area contributed by atoms with E-state index in [4.69, 9.17) is 0 Å². The molecule has 16 heavy (non-hydrogen) atoms. The summed E-state index contributed by atoms with van der Waals surface area (Å²) >= 11 is 0. The highest BCUT2D eigenvalue weighted by atomic mass is 16.3. The Morgan fingerprint density at radius 3 is 2.62 bits per heavy atom. The predicted molar refractivity (Wildman–Crippen MR) is 66.5 cm³/mol. The molecule has 0 aliphatic carbocycles. The molecule has 2 nitrogen and oxygen atoms in total. The fraction of sp³-hybridized carbons (Fsp3) is 0.571. The van der Waals surface area contributed by atoms with Crippen LogP contribution in [-0.2, 0) is 0 Å². The summed E-state index contributed by atoms with van der Waals surface area (Å²) in [4.78, 5) is 2.54. The van der Waals surface area contributed by atoms with Crippen molar-refractivity contribution in [2.24, 2.45) is 5.92 Å². The van der Waals surface area contributed by atoms with E-state index in [9.17, 15) is 5.11 Å². The number of hydrogen-bond donors (Lipinski definition) is 1. The minimum atomic E-state index is 0.350. The first-order valence-electron chi connectivity index (χ1n) is 6.20. The van der Waals surface area contributed by atoms with Crippen LogP contribution in [0.15, 0.2) is 24.3 Å². The van der Waals surface area contributed by atoms with Gasteiger partial charge in [0.05, 0.1) is 0 Å². The zero-order chi connectivity index (χ0) is 11.5. The lowest BCUT2D eigenvalue weighted by Crippen LogP contribution is -2.36. The Bertz CT molecular complexity index is 333. The number of likely N-dealkylation sites (tertiary alicyclic amines) is 1. The molecule has 1 heterocycles. The molecule has 1 aromatic carbocycles. The molecule has 0 aromatic heterocycles. The third kappa shape index (κ3) is 2.56. The Hall–Kier alpha value is -1.02. The van der Waals surface area contributed by atoms with Crippen molar-refractivity contribution in [2.45, 2.75) is 32.7 Å². The van der Waals surface area contributed by atoms with Crippen molar-refractivity contribution in [3.05, 3.63) is 29.8 Å². The Morgan fingerprint density at radius 1 is 1.31 bits per heavy atom. The molecule has 2 heteroatoms. The number of hydrogen-bond acceptors (Lipinski definition) is 2. The highest BCUT2D eigenvalue weighted by molar-refractivity contribution is 5.27. The van der Waals surface area contributed by atoms with Gasteiger partial charge in [0.25, 0.3) is 0 Å². The number of phenolic OH excluding ortho intramolecular Hbond substituents is 1. The summed E-state index contributed by atoms with van der Waals surface area (Å²) in [5.41, 5.74) is 1.30. The second-order valence-corrected chi connectivity index (χ2v) is 5.01. The SMILES string of the molecule is CC1CCCN(C(C)c2ccc(O)cc2)C1. The van der Waals surface area contributed by atoms with Crippen LogP contribution in [0.5, 0.6) is 5.75 Å². The fourth-order valence-corrected chi connectivity index (χ4v) is 2.54. The average molecular weight is 219 g/mol. The first-order valence-corrected chi connectivity index (χ1v) is 6.20. The van der Waals surface area contributed by atoms with Crippen LogP contribution in [0, 0.1) is 5.92 Å². The van der Waals surface area contributed by atoms with Crippen LogP contribution < -0.4 is 0 Å². The van der Waals surface area contributed by atoms with Gasteiger partial charge in [-0.05, 0) is 49.9 Å². The molecule has 2 rings (SSSR count). The molecule has 2 atom stereocenters. The van der Waals surface area contributed by atoms with Crippen molar-refractivity contribution < 1.29 is 5.11 Å². The van der Waals surface area contributed by atoms with Crippen LogP contribution in [-0.4, -0.2) is 23.1 Å². The summed E-state index contributed by atoms with van der Waals surface area (Å²) < 4.78 is 0. The maximum Gasteiger partial charge on any atom is 0.115 e. The summed E-state index contributed by atoms with van der Waals surface area (Å²) in [7, 11) is 0. The van der Waals surface area contributed by atoms with E-state index < -0.39 is 0 Å². The Morgan fingerprint density at radius 2 is 2.00 bits per heavy atom. The van der Waals surface area contributed by atoms with Crippen LogP contribution in [0.4, 0.5) is 0 Å². The molecule has 0 saturated carbocycles. The van der Waals surface area contributed by atoms with Crippen LogP contribution in [0.1, 0.15) is 38.3 Å². The quantitative estimate of drug-likeness (QED) is 0.825. The van der Waals surface area contributed by atoms with E-state index in [-0.39, 0.29) is 0 Å². The van der Waals surface area contributed by atoms with Crippen LogP contribution >= 0.6 is 0 Å². The maximum atomic E-state index is 9.28. The Balaban J connectivity index is 2.06. The van der Waals surface area contributed by atoms with Crippen molar-refractivity contribution in [3.63, 3.8) is 0 Å². The molecule has 1 N–H and O–H groups in total. The normalized spacial score (nSPS) is 24.2. The largest absolute Gasteiger partial charge is 0.508 e. The van der Waals surface area contributed by atoms with Gasteiger partial charge in [-0.2, -0.15) is 0 Å². The van der Waals surface area contributed by atoms with E-state index in [2.05, 4.69) is 18.7 Å². The molecular formula is C14H21NO. The molecule has 1 aliphatic rings. The second kappa shape index (κ2) is 4.88. The summed E-state index contributed by atoms with van der Waals surface area (Å²) in [6, 6.07) is 8.07. The number of aromatic hydroxyl groups is 1. The average Bonchev–Trinajstić information content (AvgIpc) is 2.29. The number of piperidine rings is 1. The highest BCUT2D eigenvalue weighted by Gasteiger charge is 2.21. The standard InChI is InChI=1S/C14H21NO/c1-11-4-3-9-15(10-11)12(2)13-5-7-14(16)8-6-13/h5-8,11-12,16H,3-4,9-10H2,1-2H3. The van der Waals surface area contributed by atoms with Crippen molar-refractivity contribution in [1.29, 1.82) is 0 Å². The first-order chi connectivity index (χ1) is 7.66. The zero-order valence-corrected chi connectivity index (χ0v) is 10.2. The van der Waals surface area contributed by atoms with Crippen LogP contribution in [0.25, 0.3) is 0 Å². The Kier molecular flexibility index (Phi) is 3.49. The van der Waals surface area contributed by atoms with Gasteiger partial charge < -0.3 is 5.11 Å². The van der Waals surface area contributed by atoms with Gasteiger partial charge in [0.1, 0.15) is 5.75 Å². The van der Waals surface area contributed by atoms with Crippen molar-refractivity contribution in [2.75, 3.05) is 13.1 Å².